The standard InChI is InChI=1S/C15H29N3O2/c1-15(2,9-10-16)8-7-13(19)18-11-5-4-6-12(18)14(20)17-3/h12H,4-11,16H2,1-3H3,(H,17,20). The molecule has 1 unspecified atom stereocenters. The summed E-state index contributed by atoms with van der Waals surface area (Å²) >= 11 is 0. The first-order valence-electron chi connectivity index (χ1n) is 7.62. The number of carbonyl (C=O) groups excluding carboxylic acids is 2. The van der Waals surface area contributed by atoms with Gasteiger partial charge in [0.05, 0.1) is 0 Å². The summed E-state index contributed by atoms with van der Waals surface area (Å²) in [6, 6.07) is -0.279. The predicted molar refractivity (Wildman–Crippen MR) is 80.1 cm³/mol. The van der Waals surface area contributed by atoms with Gasteiger partial charge in [-0.1, -0.05) is 13.8 Å². The molecule has 5 nitrogen and oxygen atoms in total. The van der Waals surface area contributed by atoms with E-state index in [0.717, 1.165) is 32.1 Å². The van der Waals surface area contributed by atoms with E-state index in [4.69, 9.17) is 5.73 Å². The molecule has 116 valence electrons. The highest BCUT2D eigenvalue weighted by Crippen LogP contribution is 2.27. The first kappa shape index (κ1) is 17.0. The molecule has 3 N–H and O–H groups in total. The lowest BCUT2D eigenvalue weighted by molar-refractivity contribution is -0.142. The van der Waals surface area contributed by atoms with Gasteiger partial charge in [-0.25, -0.2) is 0 Å². The molecule has 0 spiro atoms. The van der Waals surface area contributed by atoms with Crippen LogP contribution in [0.2, 0.25) is 0 Å². The van der Waals surface area contributed by atoms with Crippen molar-refractivity contribution in [2.24, 2.45) is 11.1 Å². The second-order valence-corrected chi connectivity index (χ2v) is 6.42. The lowest BCUT2D eigenvalue weighted by Crippen LogP contribution is -2.51. The molecule has 1 heterocycles. The van der Waals surface area contributed by atoms with Crippen LogP contribution < -0.4 is 11.1 Å². The van der Waals surface area contributed by atoms with Crippen LogP contribution in [0.5, 0.6) is 0 Å². The van der Waals surface area contributed by atoms with Gasteiger partial charge in [0.25, 0.3) is 0 Å². The highest BCUT2D eigenvalue weighted by molar-refractivity contribution is 5.87. The van der Waals surface area contributed by atoms with Crippen molar-refractivity contribution >= 4 is 11.8 Å². The number of nitrogens with zero attached hydrogens (tertiary/aromatic N) is 1. The summed E-state index contributed by atoms with van der Waals surface area (Å²) < 4.78 is 0. The summed E-state index contributed by atoms with van der Waals surface area (Å²) in [7, 11) is 1.63. The molecule has 0 bridgehead atoms. The van der Waals surface area contributed by atoms with Crippen LogP contribution in [0.1, 0.15) is 52.4 Å². The van der Waals surface area contributed by atoms with Crippen LogP contribution in [0.4, 0.5) is 0 Å². The van der Waals surface area contributed by atoms with Crippen LogP contribution in [-0.4, -0.2) is 42.9 Å². The number of piperidine rings is 1. The number of likely N-dealkylation sites (tertiary alicyclic amines) is 1. The molecule has 2 amide bonds. The Bertz CT molecular complexity index is 342. The molecular weight excluding hydrogens is 254 g/mol. The van der Waals surface area contributed by atoms with Gasteiger partial charge >= 0.3 is 0 Å². The zero-order chi connectivity index (χ0) is 15.2. The van der Waals surface area contributed by atoms with Gasteiger partial charge in [0, 0.05) is 20.0 Å². The first-order chi connectivity index (χ1) is 9.41. The van der Waals surface area contributed by atoms with Gasteiger partial charge in [0.2, 0.25) is 11.8 Å². The Kier molecular flexibility index (Phi) is 6.46. The summed E-state index contributed by atoms with van der Waals surface area (Å²) in [6.07, 6.45) is 5.02. The van der Waals surface area contributed by atoms with Crippen molar-refractivity contribution in [3.8, 4) is 0 Å². The minimum atomic E-state index is -0.279. The Morgan fingerprint density at radius 1 is 1.30 bits per heavy atom. The Morgan fingerprint density at radius 2 is 2.00 bits per heavy atom. The second-order valence-electron chi connectivity index (χ2n) is 6.42. The van der Waals surface area contributed by atoms with Gasteiger partial charge in [-0.2, -0.15) is 0 Å². The minimum Gasteiger partial charge on any atom is -0.357 e. The molecule has 0 aromatic heterocycles. The summed E-state index contributed by atoms with van der Waals surface area (Å²) in [6.45, 7) is 5.62. The van der Waals surface area contributed by atoms with Gasteiger partial charge < -0.3 is 16.0 Å². The van der Waals surface area contributed by atoms with Crippen LogP contribution in [0, 0.1) is 5.41 Å². The van der Waals surface area contributed by atoms with Crippen molar-refractivity contribution in [1.82, 2.24) is 10.2 Å². The average molecular weight is 283 g/mol. The maximum atomic E-state index is 12.4. The first-order valence-corrected chi connectivity index (χ1v) is 7.62. The van der Waals surface area contributed by atoms with E-state index in [2.05, 4.69) is 19.2 Å². The van der Waals surface area contributed by atoms with Crippen molar-refractivity contribution < 1.29 is 9.59 Å². The molecule has 1 rings (SSSR count). The Morgan fingerprint density at radius 3 is 2.60 bits per heavy atom. The highest BCUT2D eigenvalue weighted by Gasteiger charge is 2.31. The maximum absolute atomic E-state index is 12.4. The maximum Gasteiger partial charge on any atom is 0.242 e. The van der Waals surface area contributed by atoms with Crippen LogP contribution in [-0.2, 0) is 9.59 Å². The number of nitrogens with two attached hydrogens (primary N) is 1. The smallest absolute Gasteiger partial charge is 0.242 e. The van der Waals surface area contributed by atoms with Crippen molar-refractivity contribution in [3.63, 3.8) is 0 Å². The molecule has 0 radical (unpaired) electrons. The van der Waals surface area contributed by atoms with E-state index in [1.807, 2.05) is 0 Å². The quantitative estimate of drug-likeness (QED) is 0.771. The molecule has 1 fully saturated rings. The Hall–Kier alpha value is -1.10. The van der Waals surface area contributed by atoms with Gasteiger partial charge in [0.15, 0.2) is 0 Å². The molecular formula is C15H29N3O2. The third-order valence-corrected chi connectivity index (χ3v) is 4.21. The molecule has 20 heavy (non-hydrogen) atoms. The number of likely N-dealkylation sites (N-methyl/N-ethyl adjacent to an activating group) is 1. The lowest BCUT2D eigenvalue weighted by Gasteiger charge is -2.35. The predicted octanol–water partition coefficient (Wildman–Crippen LogP) is 1.27. The molecule has 5 heteroatoms. The summed E-state index contributed by atoms with van der Waals surface area (Å²) in [5.74, 6) is 0.0580. The average Bonchev–Trinajstić information content (AvgIpc) is 2.44. The molecule has 1 aliphatic rings. The van der Waals surface area contributed by atoms with Crippen LogP contribution in [0.25, 0.3) is 0 Å². The fraction of sp³-hybridized carbons (Fsp3) is 0.867. The van der Waals surface area contributed by atoms with Crippen LogP contribution in [0.3, 0.4) is 0 Å². The third-order valence-electron chi connectivity index (χ3n) is 4.21. The largest absolute Gasteiger partial charge is 0.357 e. The number of hydrogen-bond donors (Lipinski definition) is 2. The van der Waals surface area contributed by atoms with Crippen molar-refractivity contribution in [3.05, 3.63) is 0 Å². The van der Waals surface area contributed by atoms with E-state index in [1.165, 1.54) is 0 Å². The summed E-state index contributed by atoms with van der Waals surface area (Å²) in [5, 5.41) is 2.66. The van der Waals surface area contributed by atoms with E-state index >= 15 is 0 Å². The van der Waals surface area contributed by atoms with Gasteiger partial charge in [-0.05, 0) is 44.1 Å². The molecule has 0 aromatic rings. The number of rotatable bonds is 6. The second kappa shape index (κ2) is 7.62. The van der Waals surface area contributed by atoms with Crippen LogP contribution >= 0.6 is 0 Å². The van der Waals surface area contributed by atoms with E-state index < -0.39 is 0 Å². The molecule has 0 aliphatic carbocycles. The summed E-state index contributed by atoms with van der Waals surface area (Å²) in [5.41, 5.74) is 5.68. The zero-order valence-electron chi connectivity index (χ0n) is 13.1. The van der Waals surface area contributed by atoms with E-state index in [1.54, 1.807) is 11.9 Å². The summed E-state index contributed by atoms with van der Waals surface area (Å²) in [4.78, 5) is 26.0. The molecule has 0 saturated carbocycles. The molecule has 1 atom stereocenters. The normalized spacial score (nSPS) is 19.8. The Balaban J connectivity index is 2.57. The Labute approximate surface area is 122 Å². The number of carbonyl (C=O) groups is 2. The van der Waals surface area contributed by atoms with Gasteiger partial charge in [-0.15, -0.1) is 0 Å². The molecule has 1 aliphatic heterocycles. The van der Waals surface area contributed by atoms with E-state index in [0.29, 0.717) is 19.5 Å². The fourth-order valence-electron chi connectivity index (χ4n) is 2.77. The monoisotopic (exact) mass is 283 g/mol. The zero-order valence-corrected chi connectivity index (χ0v) is 13.1. The lowest BCUT2D eigenvalue weighted by atomic mass is 9.84. The highest BCUT2D eigenvalue weighted by atomic mass is 16.2. The van der Waals surface area contributed by atoms with Gasteiger partial charge in [-0.3, -0.25) is 9.59 Å². The topological polar surface area (TPSA) is 75.4 Å². The van der Waals surface area contributed by atoms with Gasteiger partial charge in [0.1, 0.15) is 6.04 Å². The van der Waals surface area contributed by atoms with Crippen molar-refractivity contribution in [1.29, 1.82) is 0 Å². The molecule has 1 saturated heterocycles. The van der Waals surface area contributed by atoms with E-state index in [-0.39, 0.29) is 23.3 Å². The third kappa shape index (κ3) is 4.78. The number of amides is 2. The van der Waals surface area contributed by atoms with Crippen molar-refractivity contribution in [2.45, 2.75) is 58.4 Å². The van der Waals surface area contributed by atoms with Crippen molar-refractivity contribution in [2.75, 3.05) is 20.1 Å². The van der Waals surface area contributed by atoms with Crippen LogP contribution in [0.15, 0.2) is 0 Å². The number of hydrogen-bond acceptors (Lipinski definition) is 3. The SMILES string of the molecule is CNC(=O)C1CCCCN1C(=O)CCC(C)(C)CCN. The van der Waals surface area contributed by atoms with E-state index in [9.17, 15) is 9.59 Å². The minimum absolute atomic E-state index is 0.0423. The molecule has 0 aromatic carbocycles. The fourth-order valence-corrected chi connectivity index (χ4v) is 2.77. The number of nitrogens with one attached hydrogen (secondary N) is 1.